The van der Waals surface area contributed by atoms with Crippen LogP contribution in [0.4, 0.5) is 0 Å². The monoisotopic (exact) mass is 239 g/mol. The van der Waals surface area contributed by atoms with Crippen molar-refractivity contribution >= 4 is 16.9 Å². The fourth-order valence-electron chi connectivity index (χ4n) is 1.76. The van der Waals surface area contributed by atoms with E-state index in [4.69, 9.17) is 5.11 Å². The molecule has 5 nitrogen and oxygen atoms in total. The van der Waals surface area contributed by atoms with Gasteiger partial charge in [0.15, 0.2) is 5.69 Å². The van der Waals surface area contributed by atoms with Crippen LogP contribution >= 0.6 is 0 Å². The zero-order valence-electron chi connectivity index (χ0n) is 9.32. The lowest BCUT2D eigenvalue weighted by molar-refractivity contribution is 0.0691. The summed E-state index contributed by atoms with van der Waals surface area (Å²) in [6.07, 6.45) is 2.89. The molecule has 0 saturated heterocycles. The maximum atomic E-state index is 10.8. The molecule has 18 heavy (non-hydrogen) atoms. The molecule has 3 aromatic rings. The van der Waals surface area contributed by atoms with Crippen LogP contribution < -0.4 is 0 Å². The van der Waals surface area contributed by atoms with Crippen molar-refractivity contribution in [2.75, 3.05) is 0 Å². The van der Waals surface area contributed by atoms with Gasteiger partial charge in [-0.25, -0.2) is 14.8 Å². The minimum Gasteiger partial charge on any atom is -0.476 e. The molecule has 0 atom stereocenters. The fourth-order valence-corrected chi connectivity index (χ4v) is 1.76. The Hall–Kier alpha value is -2.69. The Morgan fingerprint density at radius 1 is 1.17 bits per heavy atom. The molecule has 0 unspecified atom stereocenters. The van der Waals surface area contributed by atoms with Crippen molar-refractivity contribution in [2.24, 2.45) is 0 Å². The number of hydrogen-bond donors (Lipinski definition) is 1. The minimum atomic E-state index is -1.05. The molecular weight excluding hydrogens is 230 g/mol. The first kappa shape index (κ1) is 10.5. The summed E-state index contributed by atoms with van der Waals surface area (Å²) in [5.74, 6) is -0.400. The van der Waals surface area contributed by atoms with Crippen LogP contribution in [0.25, 0.3) is 16.7 Å². The number of rotatable bonds is 2. The molecule has 1 aromatic carbocycles. The van der Waals surface area contributed by atoms with E-state index in [9.17, 15) is 4.79 Å². The predicted molar refractivity (Wildman–Crippen MR) is 65.8 cm³/mol. The van der Waals surface area contributed by atoms with Gasteiger partial charge in [-0.2, -0.15) is 0 Å². The van der Waals surface area contributed by atoms with Crippen molar-refractivity contribution in [1.29, 1.82) is 0 Å². The van der Waals surface area contributed by atoms with Crippen molar-refractivity contribution in [1.82, 2.24) is 14.5 Å². The first-order chi connectivity index (χ1) is 8.74. The maximum absolute atomic E-state index is 10.8. The second-order valence-electron chi connectivity index (χ2n) is 3.83. The summed E-state index contributed by atoms with van der Waals surface area (Å²) in [4.78, 5) is 19.0. The van der Waals surface area contributed by atoms with Crippen molar-refractivity contribution in [3.05, 3.63) is 54.6 Å². The molecule has 0 aliphatic carbocycles. The molecule has 0 radical (unpaired) electrons. The van der Waals surface area contributed by atoms with Crippen LogP contribution in [0.15, 0.2) is 48.9 Å². The van der Waals surface area contributed by atoms with Crippen LogP contribution in [0.1, 0.15) is 10.5 Å². The highest BCUT2D eigenvalue weighted by Gasteiger charge is 2.08. The lowest BCUT2D eigenvalue weighted by atomic mass is 10.2. The molecule has 2 aromatic heterocycles. The maximum Gasteiger partial charge on any atom is 0.356 e. The number of carboxylic acid groups (broad SMARTS) is 1. The molecule has 1 N–H and O–H groups in total. The smallest absolute Gasteiger partial charge is 0.356 e. The van der Waals surface area contributed by atoms with E-state index >= 15 is 0 Å². The molecule has 0 aliphatic heterocycles. The molecule has 3 rings (SSSR count). The first-order valence-corrected chi connectivity index (χ1v) is 5.37. The highest BCUT2D eigenvalue weighted by molar-refractivity contribution is 5.85. The van der Waals surface area contributed by atoms with Gasteiger partial charge in [-0.15, -0.1) is 0 Å². The van der Waals surface area contributed by atoms with Crippen LogP contribution in [0.2, 0.25) is 0 Å². The quantitative estimate of drug-likeness (QED) is 0.743. The number of carbonyl (C=O) groups is 1. The summed E-state index contributed by atoms with van der Waals surface area (Å²) in [7, 11) is 0. The summed E-state index contributed by atoms with van der Waals surface area (Å²) in [5.41, 5.74) is 0.866. The molecule has 0 fully saturated rings. The number of aromatic carboxylic acids is 1. The van der Waals surface area contributed by atoms with E-state index < -0.39 is 5.97 Å². The average Bonchev–Trinajstić information content (AvgIpc) is 2.88. The Morgan fingerprint density at radius 3 is 2.78 bits per heavy atom. The SMILES string of the molecule is O=C(O)c1cn(-c2ccc3ccccc3n2)cn1. The molecule has 88 valence electrons. The standard InChI is InChI=1S/C13H9N3O2/c17-13(18)11-7-16(8-14-11)12-6-5-9-3-1-2-4-10(9)15-12/h1-8H,(H,17,18). The van der Waals surface area contributed by atoms with Gasteiger partial charge in [0.1, 0.15) is 12.1 Å². The number of aromatic nitrogens is 3. The number of nitrogens with zero attached hydrogens (tertiary/aromatic N) is 3. The van der Waals surface area contributed by atoms with E-state index in [2.05, 4.69) is 9.97 Å². The number of para-hydroxylation sites is 1. The van der Waals surface area contributed by atoms with E-state index in [1.54, 1.807) is 4.57 Å². The normalized spacial score (nSPS) is 10.7. The van der Waals surface area contributed by atoms with E-state index in [1.165, 1.54) is 12.5 Å². The fraction of sp³-hybridized carbons (Fsp3) is 0. The summed E-state index contributed by atoms with van der Waals surface area (Å²) in [5, 5.41) is 9.86. The minimum absolute atomic E-state index is 0.00459. The molecular formula is C13H9N3O2. The van der Waals surface area contributed by atoms with E-state index in [-0.39, 0.29) is 5.69 Å². The van der Waals surface area contributed by atoms with E-state index in [1.807, 2.05) is 36.4 Å². The third-order valence-electron chi connectivity index (χ3n) is 2.65. The Balaban J connectivity index is 2.10. The third kappa shape index (κ3) is 1.71. The Kier molecular flexibility index (Phi) is 2.30. The van der Waals surface area contributed by atoms with Gasteiger partial charge in [0.05, 0.1) is 5.52 Å². The van der Waals surface area contributed by atoms with Crippen LogP contribution in [0.5, 0.6) is 0 Å². The zero-order chi connectivity index (χ0) is 12.5. The second kappa shape index (κ2) is 3.96. The molecule has 0 bridgehead atoms. The van der Waals surface area contributed by atoms with Crippen molar-refractivity contribution < 1.29 is 9.90 Å². The number of carboxylic acids is 1. The Bertz CT molecular complexity index is 734. The topological polar surface area (TPSA) is 68.0 Å². The molecule has 0 saturated carbocycles. The lowest BCUT2D eigenvalue weighted by Gasteiger charge is -2.02. The lowest BCUT2D eigenvalue weighted by Crippen LogP contribution is -1.97. The number of imidazole rings is 1. The van der Waals surface area contributed by atoms with Gasteiger partial charge in [-0.3, -0.25) is 4.57 Å². The summed E-state index contributed by atoms with van der Waals surface area (Å²) < 4.78 is 1.59. The third-order valence-corrected chi connectivity index (χ3v) is 2.65. The highest BCUT2D eigenvalue weighted by atomic mass is 16.4. The number of fused-ring (bicyclic) bond motifs is 1. The number of benzene rings is 1. The van der Waals surface area contributed by atoms with Gasteiger partial charge in [-0.05, 0) is 18.2 Å². The van der Waals surface area contributed by atoms with E-state index in [0.717, 1.165) is 10.9 Å². The van der Waals surface area contributed by atoms with Crippen LogP contribution in [0, 0.1) is 0 Å². The van der Waals surface area contributed by atoms with Gasteiger partial charge in [0.2, 0.25) is 0 Å². The van der Waals surface area contributed by atoms with E-state index in [0.29, 0.717) is 5.82 Å². The zero-order valence-corrected chi connectivity index (χ0v) is 9.32. The molecule has 0 amide bonds. The molecule has 5 heteroatoms. The Labute approximate surface area is 102 Å². The van der Waals surface area contributed by atoms with Crippen LogP contribution in [-0.4, -0.2) is 25.6 Å². The van der Waals surface area contributed by atoms with Crippen molar-refractivity contribution in [3.8, 4) is 5.82 Å². The van der Waals surface area contributed by atoms with Gasteiger partial charge in [-0.1, -0.05) is 18.2 Å². The summed E-state index contributed by atoms with van der Waals surface area (Å²) in [6.45, 7) is 0. The molecule has 2 heterocycles. The predicted octanol–water partition coefficient (Wildman–Crippen LogP) is 2.12. The van der Waals surface area contributed by atoms with Crippen molar-refractivity contribution in [2.45, 2.75) is 0 Å². The summed E-state index contributed by atoms with van der Waals surface area (Å²) in [6, 6.07) is 11.5. The van der Waals surface area contributed by atoms with Gasteiger partial charge < -0.3 is 5.11 Å². The largest absolute Gasteiger partial charge is 0.476 e. The first-order valence-electron chi connectivity index (χ1n) is 5.37. The average molecular weight is 239 g/mol. The van der Waals surface area contributed by atoms with Crippen LogP contribution in [0.3, 0.4) is 0 Å². The highest BCUT2D eigenvalue weighted by Crippen LogP contribution is 2.14. The molecule has 0 aliphatic rings. The second-order valence-corrected chi connectivity index (χ2v) is 3.83. The van der Waals surface area contributed by atoms with Gasteiger partial charge >= 0.3 is 5.97 Å². The summed E-state index contributed by atoms with van der Waals surface area (Å²) >= 11 is 0. The van der Waals surface area contributed by atoms with Crippen molar-refractivity contribution in [3.63, 3.8) is 0 Å². The molecule has 0 spiro atoms. The van der Waals surface area contributed by atoms with Gasteiger partial charge in [0.25, 0.3) is 0 Å². The Morgan fingerprint density at radius 2 is 2.00 bits per heavy atom. The number of hydrogen-bond acceptors (Lipinski definition) is 3. The van der Waals surface area contributed by atoms with Gasteiger partial charge in [0, 0.05) is 11.6 Å². The number of pyridine rings is 1. The van der Waals surface area contributed by atoms with Crippen LogP contribution in [-0.2, 0) is 0 Å².